The summed E-state index contributed by atoms with van der Waals surface area (Å²) in [7, 11) is 0. The van der Waals surface area contributed by atoms with Crippen LogP contribution in [-0.4, -0.2) is 70.7 Å². The fraction of sp³-hybridized carbons (Fsp3) is 0.500. The molecule has 0 fully saturated rings. The van der Waals surface area contributed by atoms with Crippen LogP contribution in [0.5, 0.6) is 0 Å². The van der Waals surface area contributed by atoms with Crippen molar-refractivity contribution >= 4 is 35.5 Å². The van der Waals surface area contributed by atoms with Gasteiger partial charge in [-0.25, -0.2) is 4.79 Å². The van der Waals surface area contributed by atoms with E-state index in [-0.39, 0.29) is 11.6 Å². The summed E-state index contributed by atoms with van der Waals surface area (Å²) in [5, 5.41) is 16.3. The summed E-state index contributed by atoms with van der Waals surface area (Å²) < 4.78 is 0. The first-order valence-electron chi connectivity index (χ1n) is 10.1. The maximum atomic E-state index is 12.6. The molecule has 32 heavy (non-hydrogen) atoms. The van der Waals surface area contributed by atoms with Gasteiger partial charge in [-0.1, -0.05) is 19.9 Å². The fourth-order valence-corrected chi connectivity index (χ4v) is 2.65. The Hall–Kier alpha value is -3.54. The van der Waals surface area contributed by atoms with E-state index in [2.05, 4.69) is 16.0 Å². The Kier molecular flexibility index (Phi) is 10.2. The van der Waals surface area contributed by atoms with Gasteiger partial charge in [0.15, 0.2) is 0 Å². The Morgan fingerprint density at radius 2 is 1.66 bits per heavy atom. The summed E-state index contributed by atoms with van der Waals surface area (Å²) in [5.74, 6) is -5.14. The van der Waals surface area contributed by atoms with Gasteiger partial charge in [0, 0.05) is 12.2 Å². The molecule has 12 heteroatoms. The molecule has 12 nitrogen and oxygen atoms in total. The molecule has 0 bridgehead atoms. The van der Waals surface area contributed by atoms with Gasteiger partial charge >= 0.3 is 5.97 Å². The number of carboxylic acids is 1. The minimum Gasteiger partial charge on any atom is -0.477 e. The lowest BCUT2D eigenvalue weighted by molar-refractivity contribution is -0.141. The van der Waals surface area contributed by atoms with Crippen molar-refractivity contribution in [2.75, 3.05) is 13.1 Å². The van der Waals surface area contributed by atoms with Crippen molar-refractivity contribution in [1.82, 2.24) is 20.9 Å². The normalized spacial score (nSPS) is 15.5. The van der Waals surface area contributed by atoms with Crippen molar-refractivity contribution in [3.8, 4) is 0 Å². The van der Waals surface area contributed by atoms with Crippen molar-refractivity contribution in [1.29, 1.82) is 0 Å². The van der Waals surface area contributed by atoms with Crippen molar-refractivity contribution in [3.05, 3.63) is 23.9 Å². The summed E-state index contributed by atoms with van der Waals surface area (Å²) >= 11 is 0. The molecule has 0 aliphatic carbocycles. The van der Waals surface area contributed by atoms with Gasteiger partial charge in [0.2, 0.25) is 17.7 Å². The lowest BCUT2D eigenvalue weighted by Gasteiger charge is -2.24. The average Bonchev–Trinajstić information content (AvgIpc) is 3.02. The lowest BCUT2D eigenvalue weighted by atomic mass is 10.0. The number of hydrogen-bond donors (Lipinski definition) is 5. The van der Waals surface area contributed by atoms with Crippen LogP contribution >= 0.6 is 0 Å². The van der Waals surface area contributed by atoms with Crippen molar-refractivity contribution in [2.45, 2.75) is 45.7 Å². The highest BCUT2D eigenvalue weighted by molar-refractivity contribution is 6.14. The number of rotatable bonds is 12. The second-order valence-corrected chi connectivity index (χ2v) is 7.46. The van der Waals surface area contributed by atoms with Gasteiger partial charge in [-0.3, -0.25) is 28.9 Å². The third-order valence-electron chi connectivity index (χ3n) is 4.46. The second-order valence-electron chi connectivity index (χ2n) is 7.46. The number of allylic oxidation sites excluding steroid dienone is 1. The maximum absolute atomic E-state index is 12.6. The molecule has 0 radical (unpaired) electrons. The van der Waals surface area contributed by atoms with Crippen LogP contribution in [0.15, 0.2) is 23.9 Å². The molecule has 0 aromatic carbocycles. The van der Waals surface area contributed by atoms with Crippen molar-refractivity contribution in [3.63, 3.8) is 0 Å². The summed E-state index contributed by atoms with van der Waals surface area (Å²) in [6.07, 6.45) is 4.31. The number of aliphatic carboxylic acids is 1. The topological polar surface area (TPSA) is 188 Å². The van der Waals surface area contributed by atoms with Crippen molar-refractivity contribution < 1.29 is 33.9 Å². The molecule has 176 valence electrons. The molecule has 2 atom stereocenters. The quantitative estimate of drug-likeness (QED) is 0.133. The number of unbranched alkanes of at least 4 members (excludes halogenated alkanes) is 1. The minimum atomic E-state index is -1.33. The zero-order chi connectivity index (χ0) is 24.4. The van der Waals surface area contributed by atoms with Gasteiger partial charge in [0.25, 0.3) is 11.8 Å². The van der Waals surface area contributed by atoms with E-state index in [1.807, 2.05) is 0 Å². The van der Waals surface area contributed by atoms with Crippen LogP contribution in [0.4, 0.5) is 0 Å². The van der Waals surface area contributed by atoms with E-state index in [4.69, 9.17) is 5.73 Å². The summed E-state index contributed by atoms with van der Waals surface area (Å²) in [5.41, 5.74) is 5.03. The molecule has 0 aromatic heterocycles. The summed E-state index contributed by atoms with van der Waals surface area (Å²) in [4.78, 5) is 72.3. The molecule has 1 rings (SSSR count). The molecule has 1 aliphatic heterocycles. The minimum absolute atomic E-state index is 0.327. The first-order valence-corrected chi connectivity index (χ1v) is 10.1. The smallest absolute Gasteiger partial charge is 0.352 e. The molecule has 6 N–H and O–H groups in total. The van der Waals surface area contributed by atoms with Gasteiger partial charge < -0.3 is 26.8 Å². The number of carboxylic acid groups (broad SMARTS) is 1. The summed E-state index contributed by atoms with van der Waals surface area (Å²) in [6, 6.07) is -2.17. The van der Waals surface area contributed by atoms with E-state index in [9.17, 15) is 33.9 Å². The highest BCUT2D eigenvalue weighted by Crippen LogP contribution is 2.06. The van der Waals surface area contributed by atoms with Crippen LogP contribution in [-0.2, 0) is 28.8 Å². The zero-order valence-electron chi connectivity index (χ0n) is 18.2. The number of imide groups is 1. The Balaban J connectivity index is 2.71. The van der Waals surface area contributed by atoms with Gasteiger partial charge in [0.05, 0.1) is 0 Å². The Morgan fingerprint density at radius 1 is 1.06 bits per heavy atom. The van der Waals surface area contributed by atoms with Gasteiger partial charge in [0.1, 0.15) is 24.3 Å². The monoisotopic (exact) mass is 451 g/mol. The van der Waals surface area contributed by atoms with E-state index < -0.39 is 54.1 Å². The highest BCUT2D eigenvalue weighted by Gasteiger charge is 2.30. The number of carbonyl (C=O) groups is 6. The first-order chi connectivity index (χ1) is 15.0. The third kappa shape index (κ3) is 7.95. The molecule has 0 aromatic rings. The highest BCUT2D eigenvalue weighted by atomic mass is 16.4. The molecule has 0 unspecified atom stereocenters. The molecule has 0 saturated heterocycles. The fourth-order valence-electron chi connectivity index (χ4n) is 2.65. The van der Waals surface area contributed by atoms with E-state index >= 15 is 0 Å². The predicted octanol–water partition coefficient (Wildman–Crippen LogP) is -1.62. The largest absolute Gasteiger partial charge is 0.477 e. The Morgan fingerprint density at radius 3 is 2.16 bits per heavy atom. The number of nitrogens with one attached hydrogen (secondary N) is 3. The third-order valence-corrected chi connectivity index (χ3v) is 4.46. The van der Waals surface area contributed by atoms with Crippen LogP contribution in [0.3, 0.4) is 0 Å². The number of amides is 5. The molecule has 1 aliphatic rings. The first kappa shape index (κ1) is 26.5. The molecular weight excluding hydrogens is 422 g/mol. The summed E-state index contributed by atoms with van der Waals surface area (Å²) in [6.45, 7) is 4.49. The number of carbonyl (C=O) groups excluding carboxylic acids is 5. The van der Waals surface area contributed by atoms with E-state index in [0.717, 1.165) is 17.1 Å². The van der Waals surface area contributed by atoms with Crippen LogP contribution in [0, 0.1) is 5.92 Å². The number of nitrogens with zero attached hydrogens (tertiary/aromatic N) is 1. The van der Waals surface area contributed by atoms with E-state index in [1.54, 1.807) is 13.8 Å². The Labute approximate surface area is 185 Å². The van der Waals surface area contributed by atoms with Gasteiger partial charge in [-0.15, -0.1) is 0 Å². The van der Waals surface area contributed by atoms with Gasteiger partial charge in [-0.2, -0.15) is 0 Å². The van der Waals surface area contributed by atoms with Crippen LogP contribution in [0.2, 0.25) is 0 Å². The van der Waals surface area contributed by atoms with Crippen LogP contribution < -0.4 is 21.7 Å². The SMILES string of the molecule is CC(C)[C@H](NC(=O)CN1C(=O)C=CC1=O)C(=O)N[C@@H](C)C(=O)N/C(=C\CCCN)C(=O)O. The predicted molar refractivity (Wildman–Crippen MR) is 112 cm³/mol. The van der Waals surface area contributed by atoms with Crippen LogP contribution in [0.1, 0.15) is 33.6 Å². The van der Waals surface area contributed by atoms with Crippen molar-refractivity contribution in [2.24, 2.45) is 11.7 Å². The maximum Gasteiger partial charge on any atom is 0.352 e. The number of hydrogen-bond acceptors (Lipinski definition) is 7. The molecule has 5 amide bonds. The standard InChI is InChI=1S/C20H29N5O7/c1-11(2)17(24-14(26)10-25-15(27)7-8-16(25)28)19(30)22-12(3)18(29)23-13(20(31)32)6-4-5-9-21/h6-8,11-12,17H,4-5,9-10,21H2,1-3H3,(H,22,30)(H,23,29)(H,24,26)(H,31,32)/b13-6-/t12-,17-/m0/s1. The molecule has 0 saturated carbocycles. The molecule has 1 heterocycles. The number of nitrogens with two attached hydrogens (primary N) is 1. The van der Waals surface area contributed by atoms with E-state index in [0.29, 0.717) is 19.4 Å². The molecular formula is C20H29N5O7. The Bertz CT molecular complexity index is 816. The molecule has 0 spiro atoms. The van der Waals surface area contributed by atoms with Crippen LogP contribution in [0.25, 0.3) is 0 Å². The lowest BCUT2D eigenvalue weighted by Crippen LogP contribution is -2.56. The average molecular weight is 451 g/mol. The van der Waals surface area contributed by atoms with E-state index in [1.165, 1.54) is 13.0 Å². The second kappa shape index (κ2) is 12.3. The zero-order valence-corrected chi connectivity index (χ0v) is 18.2. The van der Waals surface area contributed by atoms with Gasteiger partial charge in [-0.05, 0) is 32.2 Å².